The summed E-state index contributed by atoms with van der Waals surface area (Å²) in [6.45, 7) is 0. The van der Waals surface area contributed by atoms with Gasteiger partial charge < -0.3 is 9.84 Å². The van der Waals surface area contributed by atoms with E-state index in [1.807, 2.05) is 0 Å². The maximum absolute atomic E-state index is 13.5. The molecule has 0 aromatic heterocycles. The van der Waals surface area contributed by atoms with Gasteiger partial charge in [0.15, 0.2) is 28.9 Å². The van der Waals surface area contributed by atoms with E-state index in [1.165, 1.54) is 25.3 Å². The molecule has 0 spiro atoms. The first-order valence-electron chi connectivity index (χ1n) is 5.39. The normalized spacial score (nSPS) is 10.3. The van der Waals surface area contributed by atoms with Gasteiger partial charge in [-0.25, -0.2) is 8.78 Å². The lowest BCUT2D eigenvalue weighted by atomic mass is 10.0. The first-order valence-corrected chi connectivity index (χ1v) is 5.39. The SMILES string of the molecule is COc1ccc(C(=O)c2ccc(O)c(F)c2)cc1F. The average Bonchev–Trinajstić information content (AvgIpc) is 2.41. The number of ketones is 1. The number of halogens is 2. The molecule has 0 radical (unpaired) electrons. The fourth-order valence-electron chi connectivity index (χ4n) is 1.62. The second-order valence-electron chi connectivity index (χ2n) is 3.84. The lowest BCUT2D eigenvalue weighted by molar-refractivity contribution is 0.103. The first-order chi connectivity index (χ1) is 9.02. The van der Waals surface area contributed by atoms with Crippen molar-refractivity contribution in [2.24, 2.45) is 0 Å². The summed E-state index contributed by atoms with van der Waals surface area (Å²) < 4.78 is 31.4. The number of hydrogen-bond acceptors (Lipinski definition) is 3. The van der Waals surface area contributed by atoms with E-state index in [9.17, 15) is 13.6 Å². The predicted octanol–water partition coefficient (Wildman–Crippen LogP) is 2.91. The number of aromatic hydroxyl groups is 1. The maximum atomic E-state index is 13.5. The van der Waals surface area contributed by atoms with E-state index in [2.05, 4.69) is 0 Å². The van der Waals surface area contributed by atoms with Crippen LogP contribution in [0.2, 0.25) is 0 Å². The minimum atomic E-state index is -0.903. The Labute approximate surface area is 108 Å². The number of phenols is 1. The van der Waals surface area contributed by atoms with Crippen LogP contribution in [0.4, 0.5) is 8.78 Å². The van der Waals surface area contributed by atoms with Crippen molar-refractivity contribution in [1.29, 1.82) is 0 Å². The topological polar surface area (TPSA) is 46.5 Å². The van der Waals surface area contributed by atoms with Crippen LogP contribution in [0.3, 0.4) is 0 Å². The zero-order valence-corrected chi connectivity index (χ0v) is 9.98. The highest BCUT2D eigenvalue weighted by molar-refractivity contribution is 6.09. The summed E-state index contributed by atoms with van der Waals surface area (Å²) in [5.74, 6) is -2.64. The number of methoxy groups -OCH3 is 1. The van der Waals surface area contributed by atoms with Crippen LogP contribution in [0.25, 0.3) is 0 Å². The molecule has 0 unspecified atom stereocenters. The smallest absolute Gasteiger partial charge is 0.193 e. The standard InChI is InChI=1S/C14H10F2O3/c1-19-13-5-3-9(7-11(13)16)14(18)8-2-4-12(17)10(15)6-8/h2-7,17H,1H3. The van der Waals surface area contributed by atoms with E-state index >= 15 is 0 Å². The first kappa shape index (κ1) is 13.0. The van der Waals surface area contributed by atoms with Gasteiger partial charge in [-0.2, -0.15) is 0 Å². The minimum absolute atomic E-state index is 0.0217. The quantitative estimate of drug-likeness (QED) is 0.867. The number of carbonyl (C=O) groups excluding carboxylic acids is 1. The van der Waals surface area contributed by atoms with Crippen molar-refractivity contribution in [3.63, 3.8) is 0 Å². The average molecular weight is 264 g/mol. The second-order valence-corrected chi connectivity index (χ2v) is 3.84. The number of hydrogen-bond donors (Lipinski definition) is 1. The summed E-state index contributed by atoms with van der Waals surface area (Å²) in [6.07, 6.45) is 0. The van der Waals surface area contributed by atoms with Crippen LogP contribution in [0, 0.1) is 11.6 Å². The monoisotopic (exact) mass is 264 g/mol. The van der Waals surface area contributed by atoms with Gasteiger partial charge in [-0.1, -0.05) is 0 Å². The molecule has 2 rings (SSSR count). The van der Waals surface area contributed by atoms with Crippen LogP contribution in [0.1, 0.15) is 15.9 Å². The Balaban J connectivity index is 2.38. The van der Waals surface area contributed by atoms with Gasteiger partial charge in [-0.05, 0) is 36.4 Å². The van der Waals surface area contributed by atoms with E-state index in [0.29, 0.717) is 0 Å². The number of ether oxygens (including phenoxy) is 1. The number of carbonyl (C=O) groups is 1. The molecule has 0 atom stereocenters. The number of phenolic OH excluding ortho intramolecular Hbond substituents is 1. The highest BCUT2D eigenvalue weighted by atomic mass is 19.1. The Morgan fingerprint density at radius 2 is 1.63 bits per heavy atom. The fraction of sp³-hybridized carbons (Fsp3) is 0.0714. The van der Waals surface area contributed by atoms with Crippen molar-refractivity contribution in [2.75, 3.05) is 7.11 Å². The largest absolute Gasteiger partial charge is 0.505 e. The molecule has 0 saturated heterocycles. The molecule has 2 aromatic carbocycles. The molecule has 0 fully saturated rings. The van der Waals surface area contributed by atoms with Crippen LogP contribution in [-0.2, 0) is 0 Å². The van der Waals surface area contributed by atoms with Crippen molar-refractivity contribution >= 4 is 5.78 Å². The second kappa shape index (κ2) is 5.06. The van der Waals surface area contributed by atoms with Gasteiger partial charge >= 0.3 is 0 Å². The van der Waals surface area contributed by atoms with Gasteiger partial charge in [0, 0.05) is 11.1 Å². The molecule has 2 aromatic rings. The van der Waals surface area contributed by atoms with E-state index in [4.69, 9.17) is 9.84 Å². The third kappa shape index (κ3) is 2.54. The van der Waals surface area contributed by atoms with Gasteiger partial charge in [0.25, 0.3) is 0 Å². The summed E-state index contributed by atoms with van der Waals surface area (Å²) in [7, 11) is 1.31. The van der Waals surface area contributed by atoms with Crippen molar-refractivity contribution in [2.45, 2.75) is 0 Å². The Morgan fingerprint density at radius 1 is 1.05 bits per heavy atom. The fourth-order valence-corrected chi connectivity index (χ4v) is 1.62. The zero-order chi connectivity index (χ0) is 14.0. The van der Waals surface area contributed by atoms with Crippen molar-refractivity contribution < 1.29 is 23.4 Å². The summed E-state index contributed by atoms with van der Waals surface area (Å²) in [5.41, 5.74) is 0.100. The molecular formula is C14H10F2O3. The van der Waals surface area contributed by atoms with Crippen molar-refractivity contribution in [3.8, 4) is 11.5 Å². The molecule has 0 bridgehead atoms. The van der Waals surface area contributed by atoms with Crippen LogP contribution < -0.4 is 4.74 Å². The molecule has 5 heteroatoms. The summed E-state index contributed by atoms with van der Waals surface area (Å²) >= 11 is 0. The van der Waals surface area contributed by atoms with E-state index < -0.39 is 23.2 Å². The summed E-state index contributed by atoms with van der Waals surface area (Å²) in [5, 5.41) is 9.05. The molecule has 19 heavy (non-hydrogen) atoms. The molecular weight excluding hydrogens is 254 g/mol. The third-order valence-corrected chi connectivity index (χ3v) is 2.62. The van der Waals surface area contributed by atoms with E-state index in [0.717, 1.165) is 18.2 Å². The summed E-state index contributed by atoms with van der Waals surface area (Å²) in [6, 6.07) is 6.96. The molecule has 3 nitrogen and oxygen atoms in total. The highest BCUT2D eigenvalue weighted by Crippen LogP contribution is 2.22. The molecule has 0 saturated carbocycles. The Bertz CT molecular complexity index is 639. The minimum Gasteiger partial charge on any atom is -0.505 e. The third-order valence-electron chi connectivity index (χ3n) is 2.62. The van der Waals surface area contributed by atoms with Gasteiger partial charge in [0.05, 0.1) is 7.11 Å². The van der Waals surface area contributed by atoms with Crippen LogP contribution in [0.5, 0.6) is 11.5 Å². The molecule has 98 valence electrons. The van der Waals surface area contributed by atoms with Crippen LogP contribution in [-0.4, -0.2) is 18.0 Å². The molecule has 0 aliphatic rings. The van der Waals surface area contributed by atoms with Gasteiger partial charge in [0.1, 0.15) is 0 Å². The predicted molar refractivity (Wildman–Crippen MR) is 64.4 cm³/mol. The van der Waals surface area contributed by atoms with Gasteiger partial charge in [-0.15, -0.1) is 0 Å². The van der Waals surface area contributed by atoms with E-state index in [1.54, 1.807) is 0 Å². The lowest BCUT2D eigenvalue weighted by Crippen LogP contribution is -2.03. The Hall–Kier alpha value is -2.43. The number of benzene rings is 2. The van der Waals surface area contributed by atoms with Gasteiger partial charge in [0.2, 0.25) is 0 Å². The number of rotatable bonds is 3. The molecule has 0 heterocycles. The van der Waals surface area contributed by atoms with Crippen molar-refractivity contribution in [1.82, 2.24) is 0 Å². The molecule has 0 aliphatic heterocycles. The van der Waals surface area contributed by atoms with Crippen LogP contribution >= 0.6 is 0 Å². The van der Waals surface area contributed by atoms with E-state index in [-0.39, 0.29) is 16.9 Å². The highest BCUT2D eigenvalue weighted by Gasteiger charge is 2.14. The maximum Gasteiger partial charge on any atom is 0.193 e. The summed E-state index contributed by atoms with van der Waals surface area (Å²) in [4.78, 5) is 12.0. The Kier molecular flexibility index (Phi) is 3.46. The van der Waals surface area contributed by atoms with Crippen LogP contribution in [0.15, 0.2) is 36.4 Å². The lowest BCUT2D eigenvalue weighted by Gasteiger charge is -2.05. The van der Waals surface area contributed by atoms with Gasteiger partial charge in [-0.3, -0.25) is 4.79 Å². The molecule has 0 amide bonds. The Morgan fingerprint density at radius 3 is 2.16 bits per heavy atom. The molecule has 1 N–H and O–H groups in total. The van der Waals surface area contributed by atoms with Crippen molar-refractivity contribution in [3.05, 3.63) is 59.2 Å². The zero-order valence-electron chi connectivity index (χ0n) is 9.98. The molecule has 0 aliphatic carbocycles.